The highest BCUT2D eigenvalue weighted by molar-refractivity contribution is 6.01. The minimum absolute atomic E-state index is 0. The molecule has 0 aromatic rings. The highest BCUT2D eigenvalue weighted by atomic mass is 35.5. The fourth-order valence-corrected chi connectivity index (χ4v) is 1.90. The number of methoxy groups -OCH3 is 1. The van der Waals surface area contributed by atoms with Gasteiger partial charge in [0.1, 0.15) is 5.41 Å². The van der Waals surface area contributed by atoms with E-state index in [4.69, 9.17) is 5.73 Å². The summed E-state index contributed by atoms with van der Waals surface area (Å²) in [6.07, 6.45) is 3.88. The van der Waals surface area contributed by atoms with E-state index in [0.717, 1.165) is 19.3 Å². The Hall–Kier alpha value is -0.770. The molecule has 1 rings (SSSR count). The molecule has 0 spiro atoms. The van der Waals surface area contributed by atoms with Gasteiger partial charge in [0.15, 0.2) is 0 Å². The summed E-state index contributed by atoms with van der Waals surface area (Å²) in [4.78, 5) is 22.6. The Kier molecular flexibility index (Phi) is 4.91. The molecule has 14 heavy (non-hydrogen) atoms. The van der Waals surface area contributed by atoms with Crippen molar-refractivity contribution in [1.82, 2.24) is 0 Å². The van der Waals surface area contributed by atoms with E-state index in [-0.39, 0.29) is 12.4 Å². The molecule has 0 radical (unpaired) electrons. The molecule has 5 heteroatoms. The molecular formula is C9H16ClNO3. The second-order valence-corrected chi connectivity index (χ2v) is 3.50. The van der Waals surface area contributed by atoms with Gasteiger partial charge in [-0.15, -0.1) is 12.4 Å². The van der Waals surface area contributed by atoms with E-state index in [1.807, 2.05) is 0 Å². The van der Waals surface area contributed by atoms with Crippen LogP contribution in [-0.4, -0.2) is 19.0 Å². The number of rotatable bonds is 2. The monoisotopic (exact) mass is 221 g/mol. The molecule has 82 valence electrons. The largest absolute Gasteiger partial charge is 0.468 e. The molecule has 1 saturated carbocycles. The molecule has 0 bridgehead atoms. The van der Waals surface area contributed by atoms with E-state index in [9.17, 15) is 9.59 Å². The molecule has 0 unspecified atom stereocenters. The van der Waals surface area contributed by atoms with Crippen molar-refractivity contribution in [2.24, 2.45) is 11.1 Å². The van der Waals surface area contributed by atoms with Gasteiger partial charge in [0.2, 0.25) is 5.91 Å². The van der Waals surface area contributed by atoms with Crippen molar-refractivity contribution in [2.75, 3.05) is 7.11 Å². The van der Waals surface area contributed by atoms with Gasteiger partial charge in [0, 0.05) is 0 Å². The molecule has 0 aromatic heterocycles. The van der Waals surface area contributed by atoms with Crippen molar-refractivity contribution in [3.05, 3.63) is 0 Å². The first-order valence-electron chi connectivity index (χ1n) is 4.52. The minimum atomic E-state index is -1.03. The summed E-state index contributed by atoms with van der Waals surface area (Å²) in [7, 11) is 1.29. The number of ether oxygens (including phenoxy) is 1. The molecule has 0 heterocycles. The van der Waals surface area contributed by atoms with E-state index in [1.54, 1.807) is 0 Å². The normalized spacial score (nSPS) is 19.2. The molecule has 0 aliphatic heterocycles. The highest BCUT2D eigenvalue weighted by Crippen LogP contribution is 2.36. The zero-order valence-corrected chi connectivity index (χ0v) is 9.06. The van der Waals surface area contributed by atoms with E-state index in [0.29, 0.717) is 12.8 Å². The number of nitrogens with two attached hydrogens (primary N) is 1. The quantitative estimate of drug-likeness (QED) is 0.559. The Balaban J connectivity index is 0.00000169. The standard InChI is InChI=1S/C9H15NO3.ClH/c1-13-8(12)9(7(10)11)5-3-2-4-6-9;/h2-6H2,1H3,(H2,10,11);1H. The summed E-state index contributed by atoms with van der Waals surface area (Å²) >= 11 is 0. The number of amides is 1. The van der Waals surface area contributed by atoms with Crippen LogP contribution < -0.4 is 5.73 Å². The van der Waals surface area contributed by atoms with Crippen molar-refractivity contribution in [3.63, 3.8) is 0 Å². The lowest BCUT2D eigenvalue weighted by Gasteiger charge is -2.30. The summed E-state index contributed by atoms with van der Waals surface area (Å²) in [5.74, 6) is -1.02. The SMILES string of the molecule is COC(=O)C1(C(N)=O)CCCCC1.Cl. The number of carbonyl (C=O) groups excluding carboxylic acids is 2. The fourth-order valence-electron chi connectivity index (χ4n) is 1.90. The van der Waals surface area contributed by atoms with Crippen LogP contribution in [0, 0.1) is 5.41 Å². The van der Waals surface area contributed by atoms with Gasteiger partial charge in [0.05, 0.1) is 7.11 Å². The third-order valence-electron chi connectivity index (χ3n) is 2.75. The lowest BCUT2D eigenvalue weighted by atomic mass is 9.73. The number of esters is 1. The van der Waals surface area contributed by atoms with E-state index in [2.05, 4.69) is 4.74 Å². The van der Waals surface area contributed by atoms with Gasteiger partial charge in [-0.3, -0.25) is 9.59 Å². The van der Waals surface area contributed by atoms with Crippen LogP contribution in [0.15, 0.2) is 0 Å². The number of carbonyl (C=O) groups is 2. The molecule has 1 fully saturated rings. The Labute approximate surface area is 89.6 Å². The zero-order chi connectivity index (χ0) is 9.90. The third kappa shape index (κ3) is 2.18. The zero-order valence-electron chi connectivity index (χ0n) is 8.25. The van der Waals surface area contributed by atoms with Crippen LogP contribution in [0.2, 0.25) is 0 Å². The van der Waals surface area contributed by atoms with Gasteiger partial charge in [-0.25, -0.2) is 0 Å². The molecule has 2 N–H and O–H groups in total. The fraction of sp³-hybridized carbons (Fsp3) is 0.778. The molecule has 1 aliphatic carbocycles. The maximum Gasteiger partial charge on any atom is 0.321 e. The molecule has 0 atom stereocenters. The first-order chi connectivity index (χ1) is 6.13. The molecular weight excluding hydrogens is 206 g/mol. The summed E-state index contributed by atoms with van der Waals surface area (Å²) in [6.45, 7) is 0. The van der Waals surface area contributed by atoms with Gasteiger partial charge in [0.25, 0.3) is 0 Å². The minimum Gasteiger partial charge on any atom is -0.468 e. The number of halogens is 1. The van der Waals surface area contributed by atoms with Crippen LogP contribution in [0.1, 0.15) is 32.1 Å². The lowest BCUT2D eigenvalue weighted by molar-refractivity contribution is -0.160. The first-order valence-corrected chi connectivity index (χ1v) is 4.52. The lowest BCUT2D eigenvalue weighted by Crippen LogP contribution is -2.45. The van der Waals surface area contributed by atoms with Crippen molar-refractivity contribution in [2.45, 2.75) is 32.1 Å². The number of primary amides is 1. The van der Waals surface area contributed by atoms with Gasteiger partial charge < -0.3 is 10.5 Å². The van der Waals surface area contributed by atoms with Crippen LogP contribution in [0.25, 0.3) is 0 Å². The molecule has 0 saturated heterocycles. The van der Waals surface area contributed by atoms with Gasteiger partial charge in [-0.2, -0.15) is 0 Å². The maximum atomic E-state index is 11.4. The van der Waals surface area contributed by atoms with Gasteiger partial charge in [-0.05, 0) is 12.8 Å². The smallest absolute Gasteiger partial charge is 0.321 e. The Bertz CT molecular complexity index is 224. The van der Waals surface area contributed by atoms with Crippen LogP contribution in [0.4, 0.5) is 0 Å². The van der Waals surface area contributed by atoms with Crippen molar-refractivity contribution in [3.8, 4) is 0 Å². The highest BCUT2D eigenvalue weighted by Gasteiger charge is 2.46. The van der Waals surface area contributed by atoms with Crippen molar-refractivity contribution in [1.29, 1.82) is 0 Å². The average Bonchev–Trinajstić information content (AvgIpc) is 2.17. The third-order valence-corrected chi connectivity index (χ3v) is 2.75. The first kappa shape index (κ1) is 13.2. The molecule has 1 aliphatic rings. The molecule has 1 amide bonds. The second kappa shape index (κ2) is 5.20. The average molecular weight is 222 g/mol. The maximum absolute atomic E-state index is 11.4. The van der Waals surface area contributed by atoms with Crippen LogP contribution >= 0.6 is 12.4 Å². The molecule has 4 nitrogen and oxygen atoms in total. The Morgan fingerprint density at radius 2 is 1.71 bits per heavy atom. The molecule has 0 aromatic carbocycles. The summed E-state index contributed by atoms with van der Waals surface area (Å²) in [5.41, 5.74) is 4.20. The topological polar surface area (TPSA) is 69.4 Å². The van der Waals surface area contributed by atoms with Crippen molar-refractivity contribution < 1.29 is 14.3 Å². The van der Waals surface area contributed by atoms with E-state index < -0.39 is 17.3 Å². The van der Waals surface area contributed by atoms with Crippen LogP contribution in [-0.2, 0) is 14.3 Å². The van der Waals surface area contributed by atoms with Gasteiger partial charge in [-0.1, -0.05) is 19.3 Å². The predicted octanol–water partition coefficient (Wildman–Crippen LogP) is 1.02. The number of hydrogen-bond donors (Lipinski definition) is 1. The Morgan fingerprint density at radius 3 is 2.07 bits per heavy atom. The van der Waals surface area contributed by atoms with Crippen LogP contribution in [0.3, 0.4) is 0 Å². The predicted molar refractivity (Wildman–Crippen MR) is 54.0 cm³/mol. The summed E-state index contributed by atoms with van der Waals surface area (Å²) < 4.78 is 4.61. The summed E-state index contributed by atoms with van der Waals surface area (Å²) in [5, 5.41) is 0. The number of hydrogen-bond acceptors (Lipinski definition) is 3. The van der Waals surface area contributed by atoms with E-state index >= 15 is 0 Å². The van der Waals surface area contributed by atoms with Gasteiger partial charge >= 0.3 is 5.97 Å². The Morgan fingerprint density at radius 1 is 1.21 bits per heavy atom. The summed E-state index contributed by atoms with van der Waals surface area (Å²) in [6, 6.07) is 0. The van der Waals surface area contributed by atoms with Crippen molar-refractivity contribution >= 4 is 24.3 Å². The van der Waals surface area contributed by atoms with E-state index in [1.165, 1.54) is 7.11 Å². The van der Waals surface area contributed by atoms with Crippen LogP contribution in [0.5, 0.6) is 0 Å². The second-order valence-electron chi connectivity index (χ2n) is 3.50.